The fraction of sp³-hybridized carbons (Fsp3) is 0.0476. The minimum atomic E-state index is -0.645. The lowest BCUT2D eigenvalue weighted by molar-refractivity contribution is -0.107. The van der Waals surface area contributed by atoms with E-state index in [9.17, 15) is 10.1 Å². The molecule has 3 aromatic rings. The zero-order chi connectivity index (χ0) is 19.3. The first-order chi connectivity index (χ1) is 13.8. The first-order valence-corrected chi connectivity index (χ1v) is 8.52. The molecule has 0 spiro atoms. The van der Waals surface area contributed by atoms with Gasteiger partial charge >= 0.3 is 0 Å². The van der Waals surface area contributed by atoms with Gasteiger partial charge in [0.1, 0.15) is 24.1 Å². The highest BCUT2D eigenvalue weighted by Gasteiger charge is 2.29. The van der Waals surface area contributed by atoms with Crippen LogP contribution in [-0.4, -0.2) is 32.3 Å². The summed E-state index contributed by atoms with van der Waals surface area (Å²) >= 11 is 0. The van der Waals surface area contributed by atoms with Crippen molar-refractivity contribution < 1.29 is 4.79 Å². The summed E-state index contributed by atoms with van der Waals surface area (Å²) in [5.74, 6) is 0.514. The highest BCUT2D eigenvalue weighted by Crippen LogP contribution is 2.34. The molecule has 0 aliphatic carbocycles. The van der Waals surface area contributed by atoms with Gasteiger partial charge in [0, 0.05) is 42.1 Å². The van der Waals surface area contributed by atoms with Crippen LogP contribution in [0.2, 0.25) is 0 Å². The smallest absolute Gasteiger partial charge is 0.160 e. The van der Waals surface area contributed by atoms with Crippen molar-refractivity contribution in [1.82, 2.24) is 19.9 Å². The normalized spacial score (nSPS) is 16.0. The second kappa shape index (κ2) is 7.60. The van der Waals surface area contributed by atoms with Crippen molar-refractivity contribution in [2.45, 2.75) is 6.04 Å². The summed E-state index contributed by atoms with van der Waals surface area (Å²) in [4.78, 5) is 30.8. The number of carbonyl (C=O) groups excluding carboxylic acids is 1. The minimum Gasteiger partial charge on any atom is -0.332 e. The molecule has 0 radical (unpaired) electrons. The van der Waals surface area contributed by atoms with Crippen molar-refractivity contribution in [3.05, 3.63) is 90.7 Å². The van der Waals surface area contributed by atoms with Crippen molar-refractivity contribution in [2.24, 2.45) is 0 Å². The third-order valence-corrected chi connectivity index (χ3v) is 4.33. The summed E-state index contributed by atoms with van der Waals surface area (Å²) in [5.41, 5.74) is 2.94. The Morgan fingerprint density at radius 3 is 2.54 bits per heavy atom. The van der Waals surface area contributed by atoms with Gasteiger partial charge in [-0.15, -0.1) is 0 Å². The number of carbonyl (C=O) groups is 1. The van der Waals surface area contributed by atoms with Crippen LogP contribution in [0, 0.1) is 11.3 Å². The maximum atomic E-state index is 12.1. The Kier molecular flexibility index (Phi) is 4.68. The zero-order valence-corrected chi connectivity index (χ0v) is 14.7. The molecule has 134 valence electrons. The Labute approximate surface area is 161 Å². The summed E-state index contributed by atoms with van der Waals surface area (Å²) < 4.78 is 0. The Hall–Kier alpha value is -4.18. The van der Waals surface area contributed by atoms with Gasteiger partial charge in [-0.3, -0.25) is 4.98 Å². The standard InChI is InChI=1S/C21H14N6O/c22-11-19-17(5-2-7-24-19)18-10-15(21-25-8-3-9-26-21)13-27(20(18)14-28)16-4-1-6-23-12-16/h1-10,12-14,20H. The molecule has 0 N–H and O–H groups in total. The van der Waals surface area contributed by atoms with Crippen LogP contribution in [-0.2, 0) is 4.79 Å². The van der Waals surface area contributed by atoms with Gasteiger partial charge in [0.25, 0.3) is 0 Å². The third kappa shape index (κ3) is 3.15. The number of pyridine rings is 2. The van der Waals surface area contributed by atoms with Crippen molar-refractivity contribution >= 4 is 23.1 Å². The van der Waals surface area contributed by atoms with Crippen LogP contribution in [0.15, 0.2) is 73.6 Å². The van der Waals surface area contributed by atoms with Gasteiger partial charge in [-0.2, -0.15) is 5.26 Å². The largest absolute Gasteiger partial charge is 0.332 e. The molecule has 0 saturated heterocycles. The molecule has 0 fully saturated rings. The van der Waals surface area contributed by atoms with Crippen LogP contribution >= 0.6 is 0 Å². The molecule has 1 atom stereocenters. The lowest BCUT2D eigenvalue weighted by Gasteiger charge is -2.32. The van der Waals surface area contributed by atoms with Crippen molar-refractivity contribution in [2.75, 3.05) is 4.90 Å². The first kappa shape index (κ1) is 17.2. The van der Waals surface area contributed by atoms with Crippen LogP contribution in [0.4, 0.5) is 5.69 Å². The van der Waals surface area contributed by atoms with E-state index in [-0.39, 0.29) is 5.69 Å². The molecule has 1 aliphatic rings. The SMILES string of the molecule is N#Cc1ncccc1C1=CC(c2ncccn2)=CN(c2cccnc2)C1C=O. The lowest BCUT2D eigenvalue weighted by Crippen LogP contribution is -2.36. The molecule has 0 bridgehead atoms. The van der Waals surface area contributed by atoms with Gasteiger partial charge < -0.3 is 9.69 Å². The number of anilines is 1. The van der Waals surface area contributed by atoms with E-state index in [1.54, 1.807) is 60.1 Å². The summed E-state index contributed by atoms with van der Waals surface area (Å²) in [5, 5.41) is 9.48. The minimum absolute atomic E-state index is 0.252. The third-order valence-electron chi connectivity index (χ3n) is 4.33. The predicted molar refractivity (Wildman–Crippen MR) is 104 cm³/mol. The Morgan fingerprint density at radius 1 is 1.04 bits per heavy atom. The van der Waals surface area contributed by atoms with E-state index in [1.165, 1.54) is 0 Å². The fourth-order valence-corrected chi connectivity index (χ4v) is 3.09. The molecule has 1 aliphatic heterocycles. The summed E-state index contributed by atoms with van der Waals surface area (Å²) in [6.07, 6.45) is 12.7. The molecule has 4 rings (SSSR count). The average Bonchev–Trinajstić information content (AvgIpc) is 2.79. The van der Waals surface area contributed by atoms with E-state index in [2.05, 4.69) is 26.0 Å². The summed E-state index contributed by atoms with van der Waals surface area (Å²) in [6.45, 7) is 0. The van der Waals surface area contributed by atoms with Crippen LogP contribution in [0.3, 0.4) is 0 Å². The fourth-order valence-electron chi connectivity index (χ4n) is 3.09. The molecular formula is C21H14N6O. The van der Waals surface area contributed by atoms with Gasteiger partial charge in [0.2, 0.25) is 0 Å². The van der Waals surface area contributed by atoms with Gasteiger partial charge in [-0.05, 0) is 35.9 Å². The van der Waals surface area contributed by atoms with Gasteiger partial charge in [-0.25, -0.2) is 15.0 Å². The number of nitriles is 1. The molecule has 7 heteroatoms. The van der Waals surface area contributed by atoms with Crippen LogP contribution in [0.25, 0.3) is 11.1 Å². The van der Waals surface area contributed by atoms with Crippen LogP contribution in [0.1, 0.15) is 17.1 Å². The van der Waals surface area contributed by atoms with Crippen molar-refractivity contribution in [3.8, 4) is 6.07 Å². The maximum Gasteiger partial charge on any atom is 0.160 e. The highest BCUT2D eigenvalue weighted by atomic mass is 16.1. The number of hydrogen-bond donors (Lipinski definition) is 0. The topological polar surface area (TPSA) is 95.7 Å². The number of aromatic nitrogens is 4. The number of nitrogens with zero attached hydrogens (tertiary/aromatic N) is 6. The first-order valence-electron chi connectivity index (χ1n) is 8.52. The Balaban J connectivity index is 1.93. The zero-order valence-electron chi connectivity index (χ0n) is 14.7. The number of allylic oxidation sites excluding steroid dienone is 2. The summed E-state index contributed by atoms with van der Waals surface area (Å²) in [6, 6.07) is 10.4. The van der Waals surface area contributed by atoms with E-state index >= 15 is 0 Å². The molecule has 4 heterocycles. The molecule has 28 heavy (non-hydrogen) atoms. The van der Waals surface area contributed by atoms with E-state index in [0.29, 0.717) is 22.5 Å². The van der Waals surface area contributed by atoms with Gasteiger partial charge in [-0.1, -0.05) is 6.07 Å². The van der Waals surface area contributed by atoms with Crippen molar-refractivity contribution in [3.63, 3.8) is 0 Å². The summed E-state index contributed by atoms with van der Waals surface area (Å²) in [7, 11) is 0. The number of rotatable bonds is 4. The number of hydrogen-bond acceptors (Lipinski definition) is 7. The molecule has 7 nitrogen and oxygen atoms in total. The maximum absolute atomic E-state index is 12.1. The van der Waals surface area contributed by atoms with E-state index in [1.807, 2.05) is 18.3 Å². The van der Waals surface area contributed by atoms with Crippen molar-refractivity contribution in [1.29, 1.82) is 5.26 Å². The second-order valence-electron chi connectivity index (χ2n) is 5.97. The van der Waals surface area contributed by atoms with Gasteiger partial charge in [0.05, 0.1) is 11.9 Å². The number of aldehydes is 1. The average molecular weight is 366 g/mol. The Bertz CT molecular complexity index is 1100. The molecule has 0 saturated carbocycles. The van der Waals surface area contributed by atoms with Crippen LogP contribution < -0.4 is 4.90 Å². The molecular weight excluding hydrogens is 352 g/mol. The lowest BCUT2D eigenvalue weighted by atomic mass is 9.91. The molecule has 0 aromatic carbocycles. The molecule has 0 amide bonds. The highest BCUT2D eigenvalue weighted by molar-refractivity contribution is 5.98. The monoisotopic (exact) mass is 366 g/mol. The quantitative estimate of drug-likeness (QED) is 0.655. The predicted octanol–water partition coefficient (Wildman–Crippen LogP) is 2.65. The van der Waals surface area contributed by atoms with E-state index in [4.69, 9.17) is 0 Å². The Morgan fingerprint density at radius 2 is 1.82 bits per heavy atom. The van der Waals surface area contributed by atoms with E-state index < -0.39 is 6.04 Å². The van der Waals surface area contributed by atoms with E-state index in [0.717, 1.165) is 12.0 Å². The van der Waals surface area contributed by atoms with Crippen LogP contribution in [0.5, 0.6) is 0 Å². The second-order valence-corrected chi connectivity index (χ2v) is 5.97. The van der Waals surface area contributed by atoms with Gasteiger partial charge in [0.15, 0.2) is 5.82 Å². The molecule has 1 unspecified atom stereocenters. The molecule has 3 aromatic heterocycles.